The molecule has 0 bridgehead atoms. The van der Waals surface area contributed by atoms with Gasteiger partial charge in [0, 0.05) is 6.61 Å². The first-order valence-corrected chi connectivity index (χ1v) is 10.7. The third-order valence-electron chi connectivity index (χ3n) is 5.82. The molecule has 0 saturated heterocycles. The molecule has 2 aromatic rings. The molecule has 1 aliphatic carbocycles. The molecule has 0 aliphatic heterocycles. The lowest BCUT2D eigenvalue weighted by molar-refractivity contribution is 0.118. The van der Waals surface area contributed by atoms with Crippen LogP contribution in [0.1, 0.15) is 69.4 Å². The minimum absolute atomic E-state index is 0.717. The molecular formula is C26H34O. The normalized spacial score (nSPS) is 20.2. The van der Waals surface area contributed by atoms with Crippen LogP contribution >= 0.6 is 0 Å². The number of hydrogen-bond donors (Lipinski definition) is 0. The highest BCUT2D eigenvalue weighted by Gasteiger charge is 2.20. The number of benzene rings is 2. The van der Waals surface area contributed by atoms with Gasteiger partial charge in [-0.05, 0) is 73.1 Å². The van der Waals surface area contributed by atoms with Crippen molar-refractivity contribution in [3.05, 3.63) is 71.8 Å². The Morgan fingerprint density at radius 2 is 1.52 bits per heavy atom. The number of ether oxygens (including phenoxy) is 1. The van der Waals surface area contributed by atoms with E-state index in [0.29, 0.717) is 0 Å². The summed E-state index contributed by atoms with van der Waals surface area (Å²) >= 11 is 0. The van der Waals surface area contributed by atoms with Gasteiger partial charge < -0.3 is 4.74 Å². The molecule has 0 amide bonds. The van der Waals surface area contributed by atoms with Crippen LogP contribution in [0.2, 0.25) is 0 Å². The van der Waals surface area contributed by atoms with Gasteiger partial charge in [-0.25, -0.2) is 0 Å². The summed E-state index contributed by atoms with van der Waals surface area (Å²) < 4.78 is 5.71. The summed E-state index contributed by atoms with van der Waals surface area (Å²) in [4.78, 5) is 0. The Hall–Kier alpha value is -1.86. The summed E-state index contributed by atoms with van der Waals surface area (Å²) in [5, 5.41) is 0. The monoisotopic (exact) mass is 362 g/mol. The van der Waals surface area contributed by atoms with E-state index in [1.165, 1.54) is 54.4 Å². The highest BCUT2D eigenvalue weighted by molar-refractivity contribution is 5.64. The zero-order valence-electron chi connectivity index (χ0n) is 17.0. The summed E-state index contributed by atoms with van der Waals surface area (Å²) in [6, 6.07) is 18.1. The molecule has 1 aliphatic rings. The Balaban J connectivity index is 1.55. The van der Waals surface area contributed by atoms with E-state index in [2.05, 4.69) is 74.5 Å². The number of unbranched alkanes of at least 4 members (excludes halogenated alkanes) is 1. The molecule has 0 spiro atoms. The van der Waals surface area contributed by atoms with Gasteiger partial charge in [-0.3, -0.25) is 0 Å². The molecule has 3 rings (SSSR count). The van der Waals surface area contributed by atoms with Gasteiger partial charge in [-0.1, -0.05) is 74.0 Å². The van der Waals surface area contributed by atoms with Crippen molar-refractivity contribution in [1.29, 1.82) is 0 Å². The summed E-state index contributed by atoms with van der Waals surface area (Å²) in [5.41, 5.74) is 5.36. The van der Waals surface area contributed by atoms with Crippen LogP contribution in [0, 0.1) is 5.92 Å². The lowest BCUT2D eigenvalue weighted by Crippen LogP contribution is -2.11. The maximum atomic E-state index is 5.71. The summed E-state index contributed by atoms with van der Waals surface area (Å²) in [6.07, 6.45) is 12.2. The number of rotatable bonds is 8. The van der Waals surface area contributed by atoms with E-state index < -0.39 is 0 Å². The molecule has 1 nitrogen and oxygen atoms in total. The SMILES string of the molecule is C/C=C/C1CCC(c2ccc(-c3ccc(COCCCC)cc3)cc2)CC1. The first-order valence-electron chi connectivity index (χ1n) is 10.7. The minimum atomic E-state index is 0.717. The van der Waals surface area contributed by atoms with E-state index >= 15 is 0 Å². The average Bonchev–Trinajstić information content (AvgIpc) is 2.73. The van der Waals surface area contributed by atoms with Crippen molar-refractivity contribution < 1.29 is 4.74 Å². The van der Waals surface area contributed by atoms with Gasteiger partial charge in [0.1, 0.15) is 0 Å². The molecule has 1 saturated carbocycles. The molecule has 1 fully saturated rings. The van der Waals surface area contributed by atoms with E-state index in [0.717, 1.165) is 31.5 Å². The van der Waals surface area contributed by atoms with E-state index in [1.807, 2.05) is 0 Å². The van der Waals surface area contributed by atoms with E-state index in [1.54, 1.807) is 0 Å². The average molecular weight is 363 g/mol. The predicted molar refractivity (Wildman–Crippen MR) is 116 cm³/mol. The van der Waals surface area contributed by atoms with Crippen LogP contribution in [0.4, 0.5) is 0 Å². The third kappa shape index (κ3) is 5.81. The highest BCUT2D eigenvalue weighted by Crippen LogP contribution is 2.36. The van der Waals surface area contributed by atoms with Gasteiger partial charge in [-0.15, -0.1) is 0 Å². The maximum absolute atomic E-state index is 5.71. The van der Waals surface area contributed by atoms with Crippen LogP contribution in [-0.2, 0) is 11.3 Å². The largest absolute Gasteiger partial charge is 0.377 e. The predicted octanol–water partition coefficient (Wildman–Crippen LogP) is 7.52. The molecule has 0 aromatic heterocycles. The zero-order chi connectivity index (χ0) is 18.9. The second-order valence-electron chi connectivity index (χ2n) is 7.86. The van der Waals surface area contributed by atoms with Gasteiger partial charge >= 0.3 is 0 Å². The van der Waals surface area contributed by atoms with Gasteiger partial charge in [0.2, 0.25) is 0 Å². The smallest absolute Gasteiger partial charge is 0.0716 e. The molecule has 1 heteroatoms. The van der Waals surface area contributed by atoms with Gasteiger partial charge in [0.25, 0.3) is 0 Å². The first kappa shape index (κ1) is 19.9. The molecule has 0 unspecified atom stereocenters. The van der Waals surface area contributed by atoms with E-state index in [4.69, 9.17) is 4.74 Å². The third-order valence-corrected chi connectivity index (χ3v) is 5.82. The standard InChI is InChI=1S/C26H34O/c1-3-5-19-27-20-22-9-13-24(14-10-22)26-17-15-25(16-18-26)23-11-7-21(6-4-2)8-12-23/h4,6,9-10,13-18,21,23H,3,5,7-8,11-12,19-20H2,1-2H3/b6-4+. The second-order valence-corrected chi connectivity index (χ2v) is 7.86. The fourth-order valence-electron chi connectivity index (χ4n) is 4.09. The van der Waals surface area contributed by atoms with Crippen LogP contribution in [-0.4, -0.2) is 6.61 Å². The highest BCUT2D eigenvalue weighted by atomic mass is 16.5. The Kier molecular flexibility index (Phi) is 7.71. The van der Waals surface area contributed by atoms with Crippen LogP contribution in [0.5, 0.6) is 0 Å². The first-order chi connectivity index (χ1) is 13.3. The van der Waals surface area contributed by atoms with Crippen LogP contribution in [0.3, 0.4) is 0 Å². The second kappa shape index (κ2) is 10.5. The number of allylic oxidation sites excluding steroid dienone is 2. The van der Waals surface area contributed by atoms with Crippen molar-refractivity contribution in [3.63, 3.8) is 0 Å². The van der Waals surface area contributed by atoms with E-state index in [9.17, 15) is 0 Å². The Morgan fingerprint density at radius 3 is 2.11 bits per heavy atom. The molecule has 144 valence electrons. The Labute approximate surface area is 165 Å². The number of hydrogen-bond acceptors (Lipinski definition) is 1. The quantitative estimate of drug-likeness (QED) is 0.348. The lowest BCUT2D eigenvalue weighted by atomic mass is 9.78. The van der Waals surface area contributed by atoms with Crippen LogP contribution < -0.4 is 0 Å². The molecular weight excluding hydrogens is 328 g/mol. The molecule has 0 heterocycles. The summed E-state index contributed by atoms with van der Waals surface area (Å²) in [5.74, 6) is 1.54. The van der Waals surface area contributed by atoms with Crippen molar-refractivity contribution in [2.24, 2.45) is 5.92 Å². The summed E-state index contributed by atoms with van der Waals surface area (Å²) in [6.45, 7) is 5.90. The molecule has 0 N–H and O–H groups in total. The van der Waals surface area contributed by atoms with Crippen molar-refractivity contribution in [1.82, 2.24) is 0 Å². The van der Waals surface area contributed by atoms with Gasteiger partial charge in [-0.2, -0.15) is 0 Å². The maximum Gasteiger partial charge on any atom is 0.0716 e. The molecule has 27 heavy (non-hydrogen) atoms. The molecule has 0 radical (unpaired) electrons. The van der Waals surface area contributed by atoms with Crippen molar-refractivity contribution in [2.75, 3.05) is 6.61 Å². The van der Waals surface area contributed by atoms with Gasteiger partial charge in [0.05, 0.1) is 6.61 Å². The lowest BCUT2D eigenvalue weighted by Gasteiger charge is -2.27. The molecule has 2 aromatic carbocycles. The van der Waals surface area contributed by atoms with Crippen molar-refractivity contribution in [2.45, 2.75) is 64.9 Å². The fourth-order valence-corrected chi connectivity index (χ4v) is 4.09. The molecule has 0 atom stereocenters. The van der Waals surface area contributed by atoms with Crippen LogP contribution in [0.15, 0.2) is 60.7 Å². The van der Waals surface area contributed by atoms with Crippen molar-refractivity contribution >= 4 is 0 Å². The zero-order valence-corrected chi connectivity index (χ0v) is 17.0. The fraction of sp³-hybridized carbons (Fsp3) is 0.462. The summed E-state index contributed by atoms with van der Waals surface area (Å²) in [7, 11) is 0. The van der Waals surface area contributed by atoms with E-state index in [-0.39, 0.29) is 0 Å². The Bertz CT molecular complexity index is 688. The Morgan fingerprint density at radius 1 is 0.889 bits per heavy atom. The van der Waals surface area contributed by atoms with Crippen LogP contribution in [0.25, 0.3) is 11.1 Å². The van der Waals surface area contributed by atoms with Crippen molar-refractivity contribution in [3.8, 4) is 11.1 Å². The topological polar surface area (TPSA) is 9.23 Å². The van der Waals surface area contributed by atoms with Gasteiger partial charge in [0.15, 0.2) is 0 Å². The minimum Gasteiger partial charge on any atom is -0.377 e.